The summed E-state index contributed by atoms with van der Waals surface area (Å²) in [6.45, 7) is 2.45. The smallest absolute Gasteiger partial charge is 0.0549 e. The van der Waals surface area contributed by atoms with Gasteiger partial charge in [-0.25, -0.2) is 0 Å². The lowest BCUT2D eigenvalue weighted by Gasteiger charge is -2.30. The van der Waals surface area contributed by atoms with Crippen molar-refractivity contribution in [3.05, 3.63) is 0 Å². The van der Waals surface area contributed by atoms with E-state index >= 15 is 0 Å². The van der Waals surface area contributed by atoms with Gasteiger partial charge in [0.15, 0.2) is 0 Å². The van der Waals surface area contributed by atoms with Gasteiger partial charge in [0.2, 0.25) is 0 Å². The fourth-order valence-corrected chi connectivity index (χ4v) is 3.06. The normalized spacial score (nSPS) is 44.5. The average Bonchev–Trinajstić information content (AvgIpc) is 2.75. The van der Waals surface area contributed by atoms with Crippen LogP contribution in [0.4, 0.5) is 0 Å². The third-order valence-corrected chi connectivity index (χ3v) is 3.92. The summed E-state index contributed by atoms with van der Waals surface area (Å²) in [6, 6.07) is 0. The molecule has 13 heavy (non-hydrogen) atoms. The Labute approximate surface area is 80.3 Å². The van der Waals surface area contributed by atoms with Gasteiger partial charge < -0.3 is 9.84 Å². The summed E-state index contributed by atoms with van der Waals surface area (Å²) in [7, 11) is 1.76. The molecule has 0 aromatic carbocycles. The molecule has 2 heteroatoms. The fraction of sp³-hybridized carbons (Fsp3) is 1.00. The van der Waals surface area contributed by atoms with Crippen molar-refractivity contribution in [2.24, 2.45) is 17.3 Å². The lowest BCUT2D eigenvalue weighted by molar-refractivity contribution is 0.0285. The predicted molar refractivity (Wildman–Crippen MR) is 51.4 cm³/mol. The Kier molecular flexibility index (Phi) is 2.37. The molecule has 2 saturated carbocycles. The molecule has 0 spiro atoms. The monoisotopic (exact) mass is 184 g/mol. The van der Waals surface area contributed by atoms with Gasteiger partial charge >= 0.3 is 0 Å². The topological polar surface area (TPSA) is 29.5 Å². The van der Waals surface area contributed by atoms with Crippen LogP contribution in [0.15, 0.2) is 0 Å². The molecule has 2 aliphatic carbocycles. The second-order valence-corrected chi connectivity index (χ2v) is 5.07. The molecule has 0 aromatic heterocycles. The van der Waals surface area contributed by atoms with Crippen LogP contribution in [0.25, 0.3) is 0 Å². The SMILES string of the molecule is COC(C)CC1(CO)CC2CC2C1. The fourth-order valence-electron chi connectivity index (χ4n) is 3.06. The Morgan fingerprint density at radius 3 is 2.54 bits per heavy atom. The molecule has 0 amide bonds. The first-order valence-electron chi connectivity index (χ1n) is 5.33. The molecule has 1 N–H and O–H groups in total. The Morgan fingerprint density at radius 2 is 2.08 bits per heavy atom. The van der Waals surface area contributed by atoms with Crippen molar-refractivity contribution < 1.29 is 9.84 Å². The molecule has 0 saturated heterocycles. The third kappa shape index (κ3) is 1.75. The molecule has 0 bridgehead atoms. The van der Waals surface area contributed by atoms with Gasteiger partial charge in [-0.2, -0.15) is 0 Å². The van der Waals surface area contributed by atoms with Crippen LogP contribution in [-0.4, -0.2) is 24.9 Å². The number of hydrogen-bond acceptors (Lipinski definition) is 2. The second kappa shape index (κ2) is 3.25. The largest absolute Gasteiger partial charge is 0.396 e. The molecule has 2 nitrogen and oxygen atoms in total. The minimum atomic E-state index is 0.211. The minimum Gasteiger partial charge on any atom is -0.396 e. The summed E-state index contributed by atoms with van der Waals surface area (Å²) in [4.78, 5) is 0. The van der Waals surface area contributed by atoms with Crippen LogP contribution < -0.4 is 0 Å². The van der Waals surface area contributed by atoms with Crippen molar-refractivity contribution in [3.8, 4) is 0 Å². The molecule has 76 valence electrons. The van der Waals surface area contributed by atoms with E-state index in [2.05, 4.69) is 6.92 Å². The van der Waals surface area contributed by atoms with Crippen molar-refractivity contribution in [1.82, 2.24) is 0 Å². The Bertz CT molecular complexity index is 181. The zero-order valence-corrected chi connectivity index (χ0v) is 8.62. The van der Waals surface area contributed by atoms with Gasteiger partial charge in [-0.1, -0.05) is 0 Å². The summed E-state index contributed by atoms with van der Waals surface area (Å²) in [5, 5.41) is 9.44. The molecule has 3 atom stereocenters. The molecular formula is C11H20O2. The van der Waals surface area contributed by atoms with Gasteiger partial charge in [0.05, 0.1) is 6.10 Å². The van der Waals surface area contributed by atoms with E-state index in [0.717, 1.165) is 18.3 Å². The minimum absolute atomic E-state index is 0.211. The van der Waals surface area contributed by atoms with Crippen molar-refractivity contribution in [2.45, 2.75) is 38.7 Å². The Morgan fingerprint density at radius 1 is 1.46 bits per heavy atom. The maximum absolute atomic E-state index is 9.44. The molecular weight excluding hydrogens is 164 g/mol. The zero-order valence-electron chi connectivity index (χ0n) is 8.62. The summed E-state index contributed by atoms with van der Waals surface area (Å²) < 4.78 is 5.28. The molecule has 0 aromatic rings. The first kappa shape index (κ1) is 9.47. The summed E-state index contributed by atoms with van der Waals surface area (Å²) in [6.07, 6.45) is 5.23. The van der Waals surface area contributed by atoms with Crippen molar-refractivity contribution in [2.75, 3.05) is 13.7 Å². The van der Waals surface area contributed by atoms with Crippen LogP contribution in [-0.2, 0) is 4.74 Å². The lowest BCUT2D eigenvalue weighted by Crippen LogP contribution is -2.28. The van der Waals surface area contributed by atoms with Gasteiger partial charge in [0.25, 0.3) is 0 Å². The van der Waals surface area contributed by atoms with Crippen LogP contribution in [0.1, 0.15) is 32.6 Å². The van der Waals surface area contributed by atoms with E-state index in [1.807, 2.05) is 0 Å². The number of aliphatic hydroxyl groups excluding tert-OH is 1. The number of aliphatic hydroxyl groups is 1. The van der Waals surface area contributed by atoms with E-state index in [1.54, 1.807) is 7.11 Å². The number of fused-ring (bicyclic) bond motifs is 1. The van der Waals surface area contributed by atoms with Crippen LogP contribution in [0.2, 0.25) is 0 Å². The van der Waals surface area contributed by atoms with Gasteiger partial charge in [-0.3, -0.25) is 0 Å². The van der Waals surface area contributed by atoms with E-state index in [4.69, 9.17) is 4.74 Å². The highest BCUT2D eigenvalue weighted by molar-refractivity contribution is 5.03. The maximum Gasteiger partial charge on any atom is 0.0549 e. The van der Waals surface area contributed by atoms with Gasteiger partial charge in [-0.05, 0) is 49.9 Å². The lowest BCUT2D eigenvalue weighted by atomic mass is 9.79. The summed E-state index contributed by atoms with van der Waals surface area (Å²) >= 11 is 0. The van der Waals surface area contributed by atoms with Crippen molar-refractivity contribution in [1.29, 1.82) is 0 Å². The maximum atomic E-state index is 9.44. The highest BCUT2D eigenvalue weighted by Crippen LogP contribution is 2.61. The van der Waals surface area contributed by atoms with Crippen LogP contribution in [0, 0.1) is 17.3 Å². The molecule has 0 radical (unpaired) electrons. The van der Waals surface area contributed by atoms with Crippen molar-refractivity contribution >= 4 is 0 Å². The third-order valence-electron chi connectivity index (χ3n) is 3.92. The highest BCUT2D eigenvalue weighted by atomic mass is 16.5. The molecule has 3 unspecified atom stereocenters. The van der Waals surface area contributed by atoms with Crippen molar-refractivity contribution in [3.63, 3.8) is 0 Å². The van der Waals surface area contributed by atoms with E-state index in [-0.39, 0.29) is 5.41 Å². The molecule has 2 rings (SSSR count). The first-order chi connectivity index (χ1) is 6.19. The van der Waals surface area contributed by atoms with Crippen LogP contribution in [0.5, 0.6) is 0 Å². The quantitative estimate of drug-likeness (QED) is 0.722. The van der Waals surface area contributed by atoms with E-state index in [1.165, 1.54) is 19.3 Å². The second-order valence-electron chi connectivity index (χ2n) is 5.07. The van der Waals surface area contributed by atoms with Gasteiger partial charge in [-0.15, -0.1) is 0 Å². The van der Waals surface area contributed by atoms with E-state index in [0.29, 0.717) is 12.7 Å². The first-order valence-corrected chi connectivity index (χ1v) is 5.33. The molecule has 0 aliphatic heterocycles. The molecule has 2 fully saturated rings. The van der Waals surface area contributed by atoms with E-state index < -0.39 is 0 Å². The Hall–Kier alpha value is -0.0800. The standard InChI is InChI=1S/C11H20O2/c1-8(13-2)4-11(7-12)5-9-3-10(9)6-11/h8-10,12H,3-7H2,1-2H3. The van der Waals surface area contributed by atoms with Gasteiger partial charge in [0, 0.05) is 13.7 Å². The number of hydrogen-bond donors (Lipinski definition) is 1. The van der Waals surface area contributed by atoms with Gasteiger partial charge in [0.1, 0.15) is 0 Å². The number of ether oxygens (including phenoxy) is 1. The van der Waals surface area contributed by atoms with E-state index in [9.17, 15) is 5.11 Å². The zero-order chi connectivity index (χ0) is 9.47. The molecule has 2 aliphatic rings. The molecule has 0 heterocycles. The average molecular weight is 184 g/mol. The highest BCUT2D eigenvalue weighted by Gasteiger charge is 2.53. The summed E-state index contributed by atoms with van der Waals surface area (Å²) in [5.74, 6) is 1.88. The van der Waals surface area contributed by atoms with Crippen LogP contribution in [0.3, 0.4) is 0 Å². The Balaban J connectivity index is 1.92. The van der Waals surface area contributed by atoms with Crippen LogP contribution >= 0.6 is 0 Å². The summed E-state index contributed by atoms with van der Waals surface area (Å²) in [5.41, 5.74) is 0.211. The number of methoxy groups -OCH3 is 1. The predicted octanol–water partition coefficient (Wildman–Crippen LogP) is 1.82. The number of rotatable bonds is 4.